The van der Waals surface area contributed by atoms with Crippen molar-refractivity contribution < 1.29 is 13.2 Å². The monoisotopic (exact) mass is 177 g/mol. The van der Waals surface area contributed by atoms with Gasteiger partial charge in [0.1, 0.15) is 0 Å². The highest BCUT2D eigenvalue weighted by Crippen LogP contribution is 1.89. The molecular formula is C6H11NO3S. The molecule has 0 radical (unpaired) electrons. The highest BCUT2D eigenvalue weighted by molar-refractivity contribution is 7.90. The number of hydrogen-bond donors (Lipinski definition) is 1. The maximum atomic E-state index is 10.7. The molecule has 64 valence electrons. The number of amides is 1. The third-order valence-electron chi connectivity index (χ3n) is 1.02. The first-order chi connectivity index (χ1) is 4.89. The number of carbonyl (C=O) groups is 1. The molecule has 0 bridgehead atoms. The number of carbonyl (C=O) groups excluding carboxylic acids is 1. The summed E-state index contributed by atoms with van der Waals surface area (Å²) >= 11 is 0. The van der Waals surface area contributed by atoms with Crippen molar-refractivity contribution in [3.8, 4) is 0 Å². The second kappa shape index (κ2) is 3.52. The van der Waals surface area contributed by atoms with Crippen LogP contribution in [-0.2, 0) is 14.8 Å². The van der Waals surface area contributed by atoms with Crippen LogP contribution in [0.5, 0.6) is 0 Å². The molecule has 0 aliphatic carbocycles. The summed E-state index contributed by atoms with van der Waals surface area (Å²) in [5.74, 6) is -0.752. The van der Waals surface area contributed by atoms with Crippen molar-refractivity contribution in [3.63, 3.8) is 0 Å². The fourth-order valence-electron chi connectivity index (χ4n) is 0.301. The second-order valence-corrected chi connectivity index (χ2v) is 4.13. The molecule has 0 rings (SSSR count). The van der Waals surface area contributed by atoms with Crippen LogP contribution in [0.25, 0.3) is 0 Å². The van der Waals surface area contributed by atoms with Crippen molar-refractivity contribution in [1.82, 2.24) is 4.72 Å². The normalized spacial score (nSPS) is 10.7. The summed E-state index contributed by atoms with van der Waals surface area (Å²) in [6.07, 6.45) is 0. The van der Waals surface area contributed by atoms with E-state index in [0.29, 0.717) is 0 Å². The molecule has 0 saturated carbocycles. The molecule has 0 saturated heterocycles. The van der Waals surface area contributed by atoms with Gasteiger partial charge in [0.25, 0.3) is 5.91 Å². The van der Waals surface area contributed by atoms with E-state index < -0.39 is 15.9 Å². The molecule has 4 nitrogen and oxygen atoms in total. The molecule has 0 aromatic carbocycles. The van der Waals surface area contributed by atoms with E-state index in [9.17, 15) is 13.2 Å². The molecule has 1 amide bonds. The number of hydrogen-bond acceptors (Lipinski definition) is 3. The molecule has 11 heavy (non-hydrogen) atoms. The molecular weight excluding hydrogens is 166 g/mol. The van der Waals surface area contributed by atoms with Gasteiger partial charge in [-0.25, -0.2) is 13.1 Å². The summed E-state index contributed by atoms with van der Waals surface area (Å²) in [7, 11) is -3.42. The summed E-state index contributed by atoms with van der Waals surface area (Å²) in [4.78, 5) is 10.7. The zero-order chi connectivity index (χ0) is 9.07. The zero-order valence-corrected chi connectivity index (χ0v) is 7.36. The van der Waals surface area contributed by atoms with Gasteiger partial charge >= 0.3 is 0 Å². The third kappa shape index (κ3) is 3.77. The first-order valence-electron chi connectivity index (χ1n) is 3.09. The van der Waals surface area contributed by atoms with Crippen LogP contribution in [0.4, 0.5) is 0 Å². The van der Waals surface area contributed by atoms with Gasteiger partial charge in [0.2, 0.25) is 10.0 Å². The average molecular weight is 177 g/mol. The largest absolute Gasteiger partial charge is 0.269 e. The molecule has 0 aromatic heterocycles. The third-order valence-corrected chi connectivity index (χ3v) is 2.27. The summed E-state index contributed by atoms with van der Waals surface area (Å²) in [6.45, 7) is 6.19. The quantitative estimate of drug-likeness (QED) is 0.618. The molecule has 0 aliphatic heterocycles. The Bertz CT molecular complexity index is 266. The molecule has 0 unspecified atom stereocenters. The zero-order valence-electron chi connectivity index (χ0n) is 6.55. The predicted molar refractivity (Wildman–Crippen MR) is 42.4 cm³/mol. The maximum absolute atomic E-state index is 10.7. The van der Waals surface area contributed by atoms with Gasteiger partial charge in [-0.05, 0) is 13.8 Å². The SMILES string of the molecule is C=C(C)C(=O)NS(=O)(=O)CC. The minimum Gasteiger partial charge on any atom is -0.269 e. The summed E-state index contributed by atoms with van der Waals surface area (Å²) in [5.41, 5.74) is 0.182. The predicted octanol–water partition coefficient (Wildman–Crippen LogP) is 0.0284. The fraction of sp³-hybridized carbons (Fsp3) is 0.500. The van der Waals surface area contributed by atoms with Gasteiger partial charge in [0.05, 0.1) is 5.75 Å². The molecule has 1 N–H and O–H groups in total. The van der Waals surface area contributed by atoms with Crippen LogP contribution < -0.4 is 4.72 Å². The Morgan fingerprint density at radius 1 is 1.55 bits per heavy atom. The van der Waals surface area contributed by atoms with E-state index in [1.807, 2.05) is 4.72 Å². The number of nitrogens with one attached hydrogen (secondary N) is 1. The van der Waals surface area contributed by atoms with Crippen LogP contribution >= 0.6 is 0 Å². The Kier molecular flexibility index (Phi) is 3.25. The molecule has 0 fully saturated rings. The van der Waals surface area contributed by atoms with Crippen molar-refractivity contribution in [2.24, 2.45) is 0 Å². The molecule has 0 aromatic rings. The second-order valence-electron chi connectivity index (χ2n) is 2.11. The van der Waals surface area contributed by atoms with Crippen LogP contribution in [0.15, 0.2) is 12.2 Å². The summed E-state index contributed by atoms with van der Waals surface area (Å²) in [5, 5.41) is 0. The molecule has 0 aliphatic rings. The smallest absolute Gasteiger partial charge is 0.259 e. The topological polar surface area (TPSA) is 63.2 Å². The van der Waals surface area contributed by atoms with Crippen LogP contribution in [0.1, 0.15) is 13.8 Å². The lowest BCUT2D eigenvalue weighted by Gasteiger charge is -2.02. The van der Waals surface area contributed by atoms with Gasteiger partial charge in [0.15, 0.2) is 0 Å². The molecule has 0 atom stereocenters. The van der Waals surface area contributed by atoms with Crippen molar-refractivity contribution >= 4 is 15.9 Å². The minimum absolute atomic E-state index is 0.105. The Morgan fingerprint density at radius 3 is 2.27 bits per heavy atom. The Hall–Kier alpha value is -0.840. The number of sulfonamides is 1. The highest BCUT2D eigenvalue weighted by Gasteiger charge is 2.11. The van der Waals surface area contributed by atoms with Crippen LogP contribution in [-0.4, -0.2) is 20.1 Å². The van der Waals surface area contributed by atoms with Gasteiger partial charge in [0, 0.05) is 5.57 Å². The van der Waals surface area contributed by atoms with Gasteiger partial charge in [-0.3, -0.25) is 4.79 Å². The standard InChI is InChI=1S/C6H11NO3S/c1-4-11(9,10)7-6(8)5(2)3/h2,4H2,1,3H3,(H,7,8). The average Bonchev–Trinajstić information content (AvgIpc) is 1.87. The van der Waals surface area contributed by atoms with Gasteiger partial charge < -0.3 is 0 Å². The van der Waals surface area contributed by atoms with E-state index in [1.54, 1.807) is 0 Å². The summed E-state index contributed by atoms with van der Waals surface area (Å²) < 4.78 is 23.3. The Labute approximate surface area is 66.3 Å². The van der Waals surface area contributed by atoms with Crippen molar-refractivity contribution in [2.45, 2.75) is 13.8 Å². The maximum Gasteiger partial charge on any atom is 0.259 e. The molecule has 0 spiro atoms. The number of rotatable bonds is 3. The first-order valence-corrected chi connectivity index (χ1v) is 4.74. The molecule has 5 heteroatoms. The van der Waals surface area contributed by atoms with Gasteiger partial charge in [-0.2, -0.15) is 0 Å². The lowest BCUT2D eigenvalue weighted by molar-refractivity contribution is -0.115. The van der Waals surface area contributed by atoms with E-state index in [-0.39, 0.29) is 11.3 Å². The van der Waals surface area contributed by atoms with Gasteiger partial charge in [-0.15, -0.1) is 0 Å². The molecule has 0 heterocycles. The Balaban J connectivity index is 4.29. The highest BCUT2D eigenvalue weighted by atomic mass is 32.2. The van der Waals surface area contributed by atoms with Crippen LogP contribution in [0.2, 0.25) is 0 Å². The van der Waals surface area contributed by atoms with Gasteiger partial charge in [-0.1, -0.05) is 6.58 Å². The lowest BCUT2D eigenvalue weighted by Crippen LogP contribution is -2.31. The first kappa shape index (κ1) is 10.2. The van der Waals surface area contributed by atoms with E-state index in [0.717, 1.165) is 0 Å². The Morgan fingerprint density at radius 2 is 2.00 bits per heavy atom. The van der Waals surface area contributed by atoms with Crippen molar-refractivity contribution in [3.05, 3.63) is 12.2 Å². The van der Waals surface area contributed by atoms with E-state index >= 15 is 0 Å². The van der Waals surface area contributed by atoms with Crippen LogP contribution in [0, 0.1) is 0 Å². The minimum atomic E-state index is -3.42. The van der Waals surface area contributed by atoms with Crippen molar-refractivity contribution in [2.75, 3.05) is 5.75 Å². The summed E-state index contributed by atoms with van der Waals surface area (Å²) in [6, 6.07) is 0. The van der Waals surface area contributed by atoms with E-state index in [1.165, 1.54) is 13.8 Å². The van der Waals surface area contributed by atoms with Crippen LogP contribution in [0.3, 0.4) is 0 Å². The van der Waals surface area contributed by atoms with E-state index in [4.69, 9.17) is 0 Å². The van der Waals surface area contributed by atoms with E-state index in [2.05, 4.69) is 6.58 Å². The lowest BCUT2D eigenvalue weighted by atomic mass is 10.3. The fourth-order valence-corrected chi connectivity index (χ4v) is 0.902. The van der Waals surface area contributed by atoms with Crippen molar-refractivity contribution in [1.29, 1.82) is 0 Å².